The van der Waals surface area contributed by atoms with Gasteiger partial charge in [0.05, 0.1) is 0 Å². The molecule has 0 fully saturated rings. The number of ether oxygens (including phenoxy) is 1. The molecular weight excluding hydrogens is 522 g/mol. The van der Waals surface area contributed by atoms with Crippen LogP contribution in [-0.2, 0) is 20.7 Å². The van der Waals surface area contributed by atoms with Gasteiger partial charge in [-0.2, -0.15) is 0 Å². The highest BCUT2D eigenvalue weighted by Crippen LogP contribution is 2.33. The second-order valence-electron chi connectivity index (χ2n) is 10.6. The number of hydrogen-bond donors (Lipinski definition) is 4. The zero-order chi connectivity index (χ0) is 30.3. The molecule has 0 saturated carbocycles. The molecule has 0 radical (unpaired) electrons. The van der Waals surface area contributed by atoms with E-state index in [1.807, 2.05) is 19.1 Å². The predicted molar refractivity (Wildman–Crippen MR) is 156 cm³/mol. The number of carbonyl (C=O) groups excluding carboxylic acids is 3. The molecule has 2 atom stereocenters. The van der Waals surface area contributed by atoms with E-state index in [0.29, 0.717) is 16.8 Å². The Bertz CT molecular complexity index is 1450. The molecule has 0 aliphatic heterocycles. The van der Waals surface area contributed by atoms with E-state index in [1.54, 1.807) is 64.1 Å². The van der Waals surface area contributed by atoms with Crippen LogP contribution in [0.1, 0.15) is 49.1 Å². The van der Waals surface area contributed by atoms with Crippen molar-refractivity contribution in [3.8, 4) is 24.0 Å². The number of alkyl carbamates (subject to hydrolysis) is 1. The minimum absolute atomic E-state index is 0.0253. The molecule has 3 amide bonds. The highest BCUT2D eigenvalue weighted by atomic mass is 16.6. The van der Waals surface area contributed by atoms with E-state index in [-0.39, 0.29) is 23.5 Å². The first-order valence-corrected chi connectivity index (χ1v) is 13.0. The van der Waals surface area contributed by atoms with Gasteiger partial charge in [0, 0.05) is 23.7 Å². The summed E-state index contributed by atoms with van der Waals surface area (Å²) in [7, 11) is 0. The minimum atomic E-state index is -1.45. The first-order chi connectivity index (χ1) is 19.3. The third kappa shape index (κ3) is 8.02. The number of carbonyl (C=O) groups is 3. The first-order valence-electron chi connectivity index (χ1n) is 13.0. The van der Waals surface area contributed by atoms with E-state index in [4.69, 9.17) is 11.2 Å². The van der Waals surface area contributed by atoms with E-state index in [1.165, 1.54) is 18.2 Å². The lowest BCUT2D eigenvalue weighted by molar-refractivity contribution is -0.136. The summed E-state index contributed by atoms with van der Waals surface area (Å²) in [6.45, 7) is 8.53. The van der Waals surface area contributed by atoms with Crippen molar-refractivity contribution < 1.29 is 29.3 Å². The van der Waals surface area contributed by atoms with Crippen LogP contribution in [0.4, 0.5) is 10.5 Å². The van der Waals surface area contributed by atoms with Crippen molar-refractivity contribution in [2.24, 2.45) is 0 Å². The maximum Gasteiger partial charge on any atom is 0.408 e. The first kappa shape index (κ1) is 30.6. The Labute approximate surface area is 240 Å². The van der Waals surface area contributed by atoms with Gasteiger partial charge in [-0.3, -0.25) is 14.5 Å². The van der Waals surface area contributed by atoms with Crippen LogP contribution in [0, 0.1) is 26.3 Å². The SMILES string of the molecule is C#CN(C(=O)C(Cc1ccc(O)cc1)NC(=O)OC(C)(C)C)C(C(=O)Nc1ccccc1C)c1cccc(C)c1O. The molecule has 4 N–H and O–H groups in total. The summed E-state index contributed by atoms with van der Waals surface area (Å²) in [6.07, 6.45) is 4.98. The van der Waals surface area contributed by atoms with Crippen molar-refractivity contribution in [3.05, 3.63) is 89.0 Å². The second kappa shape index (κ2) is 12.9. The zero-order valence-corrected chi connectivity index (χ0v) is 23.8. The molecule has 0 saturated heterocycles. The molecule has 0 heterocycles. The van der Waals surface area contributed by atoms with Gasteiger partial charge < -0.3 is 25.6 Å². The number of nitrogens with one attached hydrogen (secondary N) is 2. The van der Waals surface area contributed by atoms with Crippen LogP contribution >= 0.6 is 0 Å². The van der Waals surface area contributed by atoms with Gasteiger partial charge in [0.15, 0.2) is 6.04 Å². The lowest BCUT2D eigenvalue weighted by Crippen LogP contribution is -2.51. The fourth-order valence-electron chi connectivity index (χ4n) is 4.17. The number of rotatable bonds is 8. The standard InChI is InChI=1S/C32H35N3O6/c1-7-35(30(39)26(34-31(40)41-32(4,5)6)19-22-15-17-23(36)18-16-22)27(24-13-10-12-21(3)28(24)37)29(38)33-25-14-9-8-11-20(25)2/h1,8-18,26-27,36-37H,19H2,2-6H3,(H,33,38)(H,34,40). The van der Waals surface area contributed by atoms with Crippen molar-refractivity contribution in [2.75, 3.05) is 5.32 Å². The van der Waals surface area contributed by atoms with Gasteiger partial charge in [0.25, 0.3) is 11.8 Å². The summed E-state index contributed by atoms with van der Waals surface area (Å²) in [5.41, 5.74) is 1.64. The van der Waals surface area contributed by atoms with Crippen LogP contribution in [0.3, 0.4) is 0 Å². The van der Waals surface area contributed by atoms with Crippen molar-refractivity contribution in [1.29, 1.82) is 0 Å². The van der Waals surface area contributed by atoms with Crippen molar-refractivity contribution >= 4 is 23.6 Å². The van der Waals surface area contributed by atoms with Crippen LogP contribution in [-0.4, -0.2) is 44.7 Å². The molecule has 3 aromatic carbocycles. The fraction of sp³-hybridized carbons (Fsp3) is 0.281. The average molecular weight is 558 g/mol. The number of phenolic OH excluding ortho intramolecular Hbond substituents is 2. The van der Waals surface area contributed by atoms with Crippen molar-refractivity contribution in [1.82, 2.24) is 10.2 Å². The maximum absolute atomic E-state index is 14.1. The number of hydrogen-bond acceptors (Lipinski definition) is 6. The largest absolute Gasteiger partial charge is 0.508 e. The molecule has 3 rings (SSSR count). The molecule has 2 unspecified atom stereocenters. The van der Waals surface area contributed by atoms with Crippen LogP contribution in [0.15, 0.2) is 66.7 Å². The average Bonchev–Trinajstić information content (AvgIpc) is 2.90. The van der Waals surface area contributed by atoms with Gasteiger partial charge in [-0.15, -0.1) is 0 Å². The predicted octanol–water partition coefficient (Wildman–Crippen LogP) is 4.95. The number of anilines is 1. The molecule has 214 valence electrons. The van der Waals surface area contributed by atoms with Gasteiger partial charge in [-0.05, 0) is 69.5 Å². The number of aromatic hydroxyl groups is 2. The molecule has 3 aromatic rings. The number of nitrogens with zero attached hydrogens (tertiary/aromatic N) is 1. The number of phenols is 2. The Morgan fingerprint density at radius 3 is 2.20 bits per heavy atom. The Kier molecular flexibility index (Phi) is 9.63. The molecule has 0 aliphatic rings. The molecule has 0 aromatic heterocycles. The summed E-state index contributed by atoms with van der Waals surface area (Å²) in [5, 5.41) is 26.0. The monoisotopic (exact) mass is 557 g/mol. The van der Waals surface area contributed by atoms with Crippen LogP contribution in [0.25, 0.3) is 0 Å². The highest BCUT2D eigenvalue weighted by molar-refractivity contribution is 6.00. The van der Waals surface area contributed by atoms with E-state index >= 15 is 0 Å². The zero-order valence-electron chi connectivity index (χ0n) is 23.8. The lowest BCUT2D eigenvalue weighted by Gasteiger charge is -2.31. The Morgan fingerprint density at radius 2 is 1.59 bits per heavy atom. The minimum Gasteiger partial charge on any atom is -0.508 e. The number of amides is 3. The van der Waals surface area contributed by atoms with Gasteiger partial charge >= 0.3 is 6.09 Å². The maximum atomic E-state index is 14.1. The van der Waals surface area contributed by atoms with E-state index in [0.717, 1.165) is 10.5 Å². The fourth-order valence-corrected chi connectivity index (χ4v) is 4.17. The molecule has 0 aliphatic carbocycles. The van der Waals surface area contributed by atoms with E-state index in [2.05, 4.69) is 16.7 Å². The smallest absolute Gasteiger partial charge is 0.408 e. The third-order valence-corrected chi connectivity index (χ3v) is 6.21. The summed E-state index contributed by atoms with van der Waals surface area (Å²) in [6, 6.07) is 17.6. The second-order valence-corrected chi connectivity index (χ2v) is 10.6. The van der Waals surface area contributed by atoms with E-state index in [9.17, 15) is 24.6 Å². The number of aryl methyl sites for hydroxylation is 2. The van der Waals surface area contributed by atoms with Crippen molar-refractivity contribution in [3.63, 3.8) is 0 Å². The molecule has 9 nitrogen and oxygen atoms in total. The van der Waals surface area contributed by atoms with Crippen LogP contribution in [0.5, 0.6) is 11.5 Å². The van der Waals surface area contributed by atoms with Crippen LogP contribution < -0.4 is 10.6 Å². The van der Waals surface area contributed by atoms with Crippen LogP contribution in [0.2, 0.25) is 0 Å². The molecule has 9 heteroatoms. The summed E-state index contributed by atoms with van der Waals surface area (Å²) >= 11 is 0. The van der Waals surface area contributed by atoms with Gasteiger partial charge in [-0.1, -0.05) is 55.0 Å². The summed E-state index contributed by atoms with van der Waals surface area (Å²) in [5.74, 6) is -1.60. The normalized spacial score (nSPS) is 12.4. The molecular formula is C32H35N3O6. The third-order valence-electron chi connectivity index (χ3n) is 6.21. The Balaban J connectivity index is 2.06. The quantitative estimate of drug-likeness (QED) is 0.229. The molecule has 41 heavy (non-hydrogen) atoms. The Morgan fingerprint density at radius 1 is 0.951 bits per heavy atom. The van der Waals surface area contributed by atoms with Crippen molar-refractivity contribution in [2.45, 2.75) is 58.7 Å². The summed E-state index contributed by atoms with van der Waals surface area (Å²) in [4.78, 5) is 41.5. The number of para-hydroxylation sites is 2. The van der Waals surface area contributed by atoms with Gasteiger partial charge in [0.2, 0.25) is 0 Å². The Hall–Kier alpha value is -4.97. The number of terminal acetylenes is 1. The molecule has 0 bridgehead atoms. The van der Waals surface area contributed by atoms with Gasteiger partial charge in [0.1, 0.15) is 23.1 Å². The lowest BCUT2D eigenvalue weighted by atomic mass is 9.98. The topological polar surface area (TPSA) is 128 Å². The van der Waals surface area contributed by atoms with Gasteiger partial charge in [-0.25, -0.2) is 4.79 Å². The molecule has 0 spiro atoms. The van der Waals surface area contributed by atoms with E-state index < -0.39 is 35.6 Å². The highest BCUT2D eigenvalue weighted by Gasteiger charge is 2.37. The summed E-state index contributed by atoms with van der Waals surface area (Å²) < 4.78 is 5.38. The number of benzene rings is 3.